The summed E-state index contributed by atoms with van der Waals surface area (Å²) in [5, 5.41) is 9.60. The van der Waals surface area contributed by atoms with Crippen LogP contribution in [0.2, 0.25) is 0 Å². The van der Waals surface area contributed by atoms with Crippen LogP contribution in [0.4, 0.5) is 0 Å². The Kier molecular flexibility index (Phi) is 2.18. The number of rotatable bonds is 0. The van der Waals surface area contributed by atoms with E-state index in [4.69, 9.17) is 0 Å². The van der Waals surface area contributed by atoms with Crippen LogP contribution in [0.5, 0.6) is 0 Å². The lowest BCUT2D eigenvalue weighted by Crippen LogP contribution is -2.26. The van der Waals surface area contributed by atoms with Crippen LogP contribution in [0, 0.1) is 11.8 Å². The molecule has 2 rings (SSSR count). The normalized spacial score (nSPS) is 42.4. The van der Waals surface area contributed by atoms with Gasteiger partial charge in [0.05, 0.1) is 6.10 Å². The van der Waals surface area contributed by atoms with E-state index in [1.165, 1.54) is 6.42 Å². The minimum absolute atomic E-state index is 0.00694. The minimum atomic E-state index is -0.319. The average Bonchev–Trinajstić information content (AvgIpc) is 2.29. The molecule has 0 aromatic carbocycles. The number of hydrogen-bond donors (Lipinski definition) is 1. The second-order valence-corrected chi connectivity index (χ2v) is 4.14. The van der Waals surface area contributed by atoms with Crippen LogP contribution in [0.3, 0.4) is 0 Å². The Morgan fingerprint density at radius 3 is 2.83 bits per heavy atom. The third-order valence-electron chi connectivity index (χ3n) is 3.38. The highest BCUT2D eigenvalue weighted by Gasteiger charge is 2.40. The van der Waals surface area contributed by atoms with Crippen LogP contribution in [-0.2, 0) is 4.79 Å². The first-order chi connectivity index (χ1) is 5.79. The molecule has 0 radical (unpaired) electrons. The first-order valence-electron chi connectivity index (χ1n) is 5.00. The maximum absolute atomic E-state index is 11.5. The van der Waals surface area contributed by atoms with Crippen LogP contribution < -0.4 is 0 Å². The molecule has 0 aromatic heterocycles. The lowest BCUT2D eigenvalue weighted by molar-refractivity contribution is -0.126. The molecule has 2 heteroatoms. The van der Waals surface area contributed by atoms with Gasteiger partial charge in [-0.05, 0) is 31.6 Å². The topological polar surface area (TPSA) is 37.3 Å². The third kappa shape index (κ3) is 1.28. The van der Waals surface area contributed by atoms with Crippen molar-refractivity contribution in [2.75, 3.05) is 0 Å². The van der Waals surface area contributed by atoms with E-state index in [9.17, 15) is 9.90 Å². The van der Waals surface area contributed by atoms with Crippen LogP contribution >= 0.6 is 0 Å². The molecule has 0 spiro atoms. The van der Waals surface area contributed by atoms with Gasteiger partial charge in [-0.15, -0.1) is 0 Å². The van der Waals surface area contributed by atoms with Crippen molar-refractivity contribution in [3.63, 3.8) is 0 Å². The molecule has 3 atom stereocenters. The Labute approximate surface area is 73.0 Å². The lowest BCUT2D eigenvalue weighted by atomic mass is 9.89. The zero-order chi connectivity index (χ0) is 8.55. The molecule has 0 saturated heterocycles. The highest BCUT2D eigenvalue weighted by molar-refractivity contribution is 5.82. The molecule has 0 aliphatic heterocycles. The molecule has 2 aliphatic rings. The monoisotopic (exact) mass is 168 g/mol. The fourth-order valence-electron chi connectivity index (χ4n) is 2.73. The van der Waals surface area contributed by atoms with E-state index in [1.807, 2.05) is 0 Å². The number of fused-ring (bicyclic) bond motifs is 1. The van der Waals surface area contributed by atoms with Gasteiger partial charge in [0.1, 0.15) is 5.78 Å². The molecule has 3 unspecified atom stereocenters. The van der Waals surface area contributed by atoms with Crippen molar-refractivity contribution < 1.29 is 9.90 Å². The van der Waals surface area contributed by atoms with E-state index >= 15 is 0 Å². The van der Waals surface area contributed by atoms with E-state index in [0.717, 1.165) is 25.7 Å². The average molecular weight is 168 g/mol. The first kappa shape index (κ1) is 8.24. The molecule has 2 aliphatic carbocycles. The van der Waals surface area contributed by atoms with Crippen molar-refractivity contribution >= 4 is 5.78 Å². The quantitative estimate of drug-likeness (QED) is 0.595. The number of hydrogen-bond acceptors (Lipinski definition) is 2. The van der Waals surface area contributed by atoms with E-state index in [1.54, 1.807) is 0 Å². The Bertz CT molecular complexity index is 188. The van der Waals surface area contributed by atoms with Crippen molar-refractivity contribution in [2.45, 2.75) is 44.6 Å². The van der Waals surface area contributed by atoms with E-state index in [2.05, 4.69) is 0 Å². The second-order valence-electron chi connectivity index (χ2n) is 4.14. The zero-order valence-corrected chi connectivity index (χ0v) is 7.33. The summed E-state index contributed by atoms with van der Waals surface area (Å²) in [5.41, 5.74) is 0. The summed E-state index contributed by atoms with van der Waals surface area (Å²) in [5.74, 6) is 0.838. The minimum Gasteiger partial charge on any atom is -0.392 e. The number of aliphatic hydroxyl groups is 1. The van der Waals surface area contributed by atoms with Crippen LogP contribution in [0.15, 0.2) is 0 Å². The molecule has 12 heavy (non-hydrogen) atoms. The molecule has 68 valence electrons. The Balaban J connectivity index is 2.14. The summed E-state index contributed by atoms with van der Waals surface area (Å²) >= 11 is 0. The van der Waals surface area contributed by atoms with Gasteiger partial charge in [-0.1, -0.05) is 6.42 Å². The molecule has 0 bridgehead atoms. The molecule has 1 N–H and O–H groups in total. The highest BCUT2D eigenvalue weighted by Crippen LogP contribution is 2.39. The smallest absolute Gasteiger partial charge is 0.138 e. The molecule has 0 aromatic rings. The van der Waals surface area contributed by atoms with E-state index < -0.39 is 0 Å². The van der Waals surface area contributed by atoms with Gasteiger partial charge in [0.25, 0.3) is 0 Å². The summed E-state index contributed by atoms with van der Waals surface area (Å²) in [6, 6.07) is 0. The van der Waals surface area contributed by atoms with Crippen LogP contribution in [-0.4, -0.2) is 17.0 Å². The summed E-state index contributed by atoms with van der Waals surface area (Å²) in [6.45, 7) is 0. The predicted octanol–water partition coefficient (Wildman–Crippen LogP) is 1.52. The number of Topliss-reactive ketones (excluding diaryl/α,β-unsaturated/α-hetero) is 1. The van der Waals surface area contributed by atoms with E-state index in [-0.39, 0.29) is 12.0 Å². The first-order valence-corrected chi connectivity index (χ1v) is 5.00. The molecule has 2 saturated carbocycles. The van der Waals surface area contributed by atoms with Crippen LogP contribution in [0.1, 0.15) is 38.5 Å². The fourth-order valence-corrected chi connectivity index (χ4v) is 2.73. The number of aliphatic hydroxyl groups excluding tert-OH is 1. The molecule has 2 fully saturated rings. The summed E-state index contributed by atoms with van der Waals surface area (Å²) < 4.78 is 0. The van der Waals surface area contributed by atoms with Gasteiger partial charge in [-0.25, -0.2) is 0 Å². The Hall–Kier alpha value is -0.370. The molecule has 0 heterocycles. The maximum Gasteiger partial charge on any atom is 0.138 e. The molecule has 0 amide bonds. The van der Waals surface area contributed by atoms with Crippen molar-refractivity contribution in [2.24, 2.45) is 11.8 Å². The SMILES string of the molecule is O=C1CCCCC2CCC(O)C12. The van der Waals surface area contributed by atoms with Gasteiger partial charge in [-0.3, -0.25) is 4.79 Å². The van der Waals surface area contributed by atoms with Crippen molar-refractivity contribution in [1.82, 2.24) is 0 Å². The van der Waals surface area contributed by atoms with Gasteiger partial charge < -0.3 is 5.11 Å². The molecular weight excluding hydrogens is 152 g/mol. The second kappa shape index (κ2) is 3.17. The van der Waals surface area contributed by atoms with Crippen LogP contribution in [0.25, 0.3) is 0 Å². The summed E-state index contributed by atoms with van der Waals surface area (Å²) in [4.78, 5) is 11.5. The van der Waals surface area contributed by atoms with Crippen molar-refractivity contribution in [1.29, 1.82) is 0 Å². The van der Waals surface area contributed by atoms with Crippen molar-refractivity contribution in [3.05, 3.63) is 0 Å². The largest absolute Gasteiger partial charge is 0.392 e. The predicted molar refractivity (Wildman–Crippen MR) is 45.7 cm³/mol. The Morgan fingerprint density at radius 2 is 2.00 bits per heavy atom. The number of ketones is 1. The van der Waals surface area contributed by atoms with Gasteiger partial charge in [0, 0.05) is 12.3 Å². The zero-order valence-electron chi connectivity index (χ0n) is 7.33. The highest BCUT2D eigenvalue weighted by atomic mass is 16.3. The summed E-state index contributed by atoms with van der Waals surface area (Å²) in [7, 11) is 0. The Morgan fingerprint density at radius 1 is 1.17 bits per heavy atom. The number of carbonyl (C=O) groups excluding carboxylic acids is 1. The third-order valence-corrected chi connectivity index (χ3v) is 3.38. The fraction of sp³-hybridized carbons (Fsp3) is 0.900. The van der Waals surface area contributed by atoms with Gasteiger partial charge >= 0.3 is 0 Å². The standard InChI is InChI=1S/C10H16O2/c11-8-4-2-1-3-7-5-6-9(12)10(7)8/h7,9-10,12H,1-6H2. The molecule has 2 nitrogen and oxygen atoms in total. The van der Waals surface area contributed by atoms with E-state index in [0.29, 0.717) is 18.1 Å². The maximum atomic E-state index is 11.5. The van der Waals surface area contributed by atoms with Gasteiger partial charge in [0.2, 0.25) is 0 Å². The van der Waals surface area contributed by atoms with Gasteiger partial charge in [0.15, 0.2) is 0 Å². The summed E-state index contributed by atoms with van der Waals surface area (Å²) in [6.07, 6.45) is 5.68. The molecular formula is C10H16O2. The lowest BCUT2D eigenvalue weighted by Gasteiger charge is -2.16. The number of carbonyl (C=O) groups is 1. The van der Waals surface area contributed by atoms with Gasteiger partial charge in [-0.2, -0.15) is 0 Å². The van der Waals surface area contributed by atoms with Crippen molar-refractivity contribution in [3.8, 4) is 0 Å².